The van der Waals surface area contributed by atoms with Gasteiger partial charge in [0.2, 0.25) is 35.2 Å². The highest BCUT2D eigenvalue weighted by Crippen LogP contribution is 2.35. The highest BCUT2D eigenvalue weighted by molar-refractivity contribution is 6.06. The topological polar surface area (TPSA) is 407 Å². The van der Waals surface area contributed by atoms with Crippen LogP contribution in [-0.4, -0.2) is 167 Å². The number of carbonyl (C=O) groups excluding carboxylic acids is 11. The average molecular weight is 1270 g/mol. The first-order valence-corrected chi connectivity index (χ1v) is 29.0. The van der Waals surface area contributed by atoms with Gasteiger partial charge in [-0.05, 0) is 45.4 Å². The second kappa shape index (κ2) is 28.0. The van der Waals surface area contributed by atoms with Crippen LogP contribution in [0.5, 0.6) is 0 Å². The number of rotatable bonds is 25. The lowest BCUT2D eigenvalue weighted by Crippen LogP contribution is -2.64. The molecule has 10 N–H and O–H groups in total. The zero-order valence-electron chi connectivity index (χ0n) is 52.7. The quantitative estimate of drug-likeness (QED) is 0.0391. The largest absolute Gasteiger partial charge is 0.444 e. The Morgan fingerprint density at radius 1 is 0.467 bits per heavy atom. The molecular weight excluding hydrogens is 1200 g/mol. The molecule has 0 bridgehead atoms. The van der Waals surface area contributed by atoms with Crippen LogP contribution in [0.25, 0.3) is 0 Å². The van der Waals surface area contributed by atoms with E-state index >= 15 is 0 Å². The van der Waals surface area contributed by atoms with Crippen LogP contribution in [0.4, 0.5) is 39.3 Å². The van der Waals surface area contributed by atoms with Crippen molar-refractivity contribution in [2.45, 2.75) is 59.0 Å². The number of imidazole rings is 4. The van der Waals surface area contributed by atoms with Gasteiger partial charge in [0.15, 0.2) is 23.3 Å². The summed E-state index contributed by atoms with van der Waals surface area (Å²) in [4.78, 5) is 163. The van der Waals surface area contributed by atoms with Gasteiger partial charge in [-0.25, -0.2) is 24.7 Å². The number of hydrogen-bond donors (Lipinski definition) is 10. The van der Waals surface area contributed by atoms with Crippen LogP contribution < -0.4 is 53.2 Å². The first-order chi connectivity index (χ1) is 43.5. The fourth-order valence-corrected chi connectivity index (χ4v) is 9.81. The first-order valence-electron chi connectivity index (χ1n) is 29.0. The normalized spacial score (nSPS) is 12.4. The summed E-state index contributed by atoms with van der Waals surface area (Å²) in [5, 5.41) is 27.0. The van der Waals surface area contributed by atoms with E-state index in [1.807, 2.05) is 6.92 Å². The molecule has 0 aliphatic carbocycles. The number of nitrogens with one attached hydrogen (secondary N) is 10. The highest BCUT2D eigenvalue weighted by atomic mass is 16.6. The Morgan fingerprint density at radius 3 is 1.38 bits per heavy atom. The lowest BCUT2D eigenvalue weighted by atomic mass is 9.76. The van der Waals surface area contributed by atoms with E-state index in [0.29, 0.717) is 17.9 Å². The first kappa shape index (κ1) is 66.6. The molecular formula is C58H74N22O12. The molecule has 1 fully saturated rings. The molecule has 488 valence electrons. The second-order valence-electron chi connectivity index (χ2n) is 23.2. The maximum atomic E-state index is 13.8. The fourth-order valence-electron chi connectivity index (χ4n) is 9.81. The van der Waals surface area contributed by atoms with Crippen molar-refractivity contribution in [3.05, 3.63) is 108 Å². The van der Waals surface area contributed by atoms with Crippen LogP contribution in [0.1, 0.15) is 127 Å². The van der Waals surface area contributed by atoms with Crippen molar-refractivity contribution in [2.24, 2.45) is 54.7 Å². The van der Waals surface area contributed by atoms with Gasteiger partial charge in [0.05, 0.1) is 17.1 Å². The molecule has 1 aliphatic heterocycles. The molecule has 1 saturated heterocycles. The average Bonchev–Trinajstić information content (AvgIpc) is 1.90. The zero-order valence-corrected chi connectivity index (χ0v) is 52.7. The second-order valence-corrected chi connectivity index (χ2v) is 23.2. The minimum Gasteiger partial charge on any atom is -0.444 e. The maximum absolute atomic E-state index is 13.8. The standard InChI is InChI=1S/C58H74N22O12/c1-12-15-60-52(87)46-71-41(29-78(46)10)72-51(86)38-20-33(24-76(38)8)64-42(81)13-17-62-53(88)47-69-40(28-77(47)9)68-44(83)23-58(31-80(32-58)56(91)92-57(2,3)4)30-63-50(85)37-22-35(26-75(37)7)66-55(90)48-70-39(27-79(48)11)67-43(82)14-16-61-49(84)36-21-34(25-74(36)6)65-54(89)45-59-18-19-73(45)5/h18-22,24-29H,12-17,23,30-32H2,1-11H3,(H,60,87)(H,61,84)(H,62,88)(H,63,85)(H,64,81)(H,65,89)(H,66,90)(H,67,82)(H,68,83)(H,72,86). The molecule has 0 unspecified atom stereocenters. The van der Waals surface area contributed by atoms with Crippen molar-refractivity contribution >= 4 is 99.7 Å². The molecule has 0 spiro atoms. The lowest BCUT2D eigenvalue weighted by Gasteiger charge is -2.49. The Morgan fingerprint density at radius 2 is 0.891 bits per heavy atom. The molecule has 11 amide bonds. The van der Waals surface area contributed by atoms with E-state index in [1.54, 1.807) is 80.0 Å². The van der Waals surface area contributed by atoms with Crippen LogP contribution in [-0.2, 0) is 68.5 Å². The molecule has 7 aromatic rings. The van der Waals surface area contributed by atoms with Crippen LogP contribution in [0.15, 0.2) is 67.8 Å². The molecule has 0 atom stereocenters. The number of hydrogen-bond acceptors (Lipinski definition) is 16. The van der Waals surface area contributed by atoms with Gasteiger partial charge >= 0.3 is 6.09 Å². The zero-order chi connectivity index (χ0) is 66.9. The van der Waals surface area contributed by atoms with Gasteiger partial charge in [-0.2, -0.15) is 0 Å². The van der Waals surface area contributed by atoms with Crippen LogP contribution >= 0.6 is 0 Å². The summed E-state index contributed by atoms with van der Waals surface area (Å²) in [6, 6.07) is 4.38. The Kier molecular flexibility index (Phi) is 20.3. The number of aromatic nitrogens is 11. The van der Waals surface area contributed by atoms with Crippen molar-refractivity contribution in [2.75, 3.05) is 71.2 Å². The Labute approximate surface area is 526 Å². The minimum atomic E-state index is -0.991. The summed E-state index contributed by atoms with van der Waals surface area (Å²) in [6.45, 7) is 7.36. The van der Waals surface area contributed by atoms with E-state index in [9.17, 15) is 52.7 Å². The third kappa shape index (κ3) is 16.7. The maximum Gasteiger partial charge on any atom is 0.410 e. The molecule has 0 radical (unpaired) electrons. The van der Waals surface area contributed by atoms with E-state index in [1.165, 1.54) is 94.7 Å². The van der Waals surface area contributed by atoms with E-state index < -0.39 is 70.3 Å². The van der Waals surface area contributed by atoms with Gasteiger partial charge < -0.3 is 94.8 Å². The fraction of sp³-hybridized carbons (Fsp3) is 0.397. The van der Waals surface area contributed by atoms with E-state index in [2.05, 4.69) is 73.1 Å². The molecule has 7 aromatic heterocycles. The number of ether oxygens (including phenoxy) is 1. The van der Waals surface area contributed by atoms with E-state index in [-0.39, 0.29) is 121 Å². The smallest absolute Gasteiger partial charge is 0.410 e. The predicted octanol–water partition coefficient (Wildman–Crippen LogP) is 2.05. The van der Waals surface area contributed by atoms with Gasteiger partial charge in [-0.15, -0.1) is 0 Å². The van der Waals surface area contributed by atoms with E-state index in [0.717, 1.165) is 6.42 Å². The number of aryl methyl sites for hydroxylation is 7. The summed E-state index contributed by atoms with van der Waals surface area (Å²) in [6.07, 6.45) is 11.7. The van der Waals surface area contributed by atoms with Crippen molar-refractivity contribution in [1.29, 1.82) is 0 Å². The SMILES string of the molecule is CCCNC(=O)c1nc(NC(=O)c2cc(NC(=O)CCNC(=O)c3nc(NC(=O)CC4(CNC(=O)c5cc(NC(=O)c6nc(NC(=O)CCNC(=O)c7cc(NC(=O)c8nccn8C)cn7C)cn6C)cn5C)CN(C(=O)OC(C)(C)C)C4)cn3C)cn2C)cn1C. The Hall–Kier alpha value is -11.4. The van der Waals surface area contributed by atoms with Gasteiger partial charge in [-0.1, -0.05) is 6.92 Å². The third-order valence-corrected chi connectivity index (χ3v) is 14.2. The van der Waals surface area contributed by atoms with Gasteiger partial charge in [-0.3, -0.25) is 47.9 Å². The molecule has 0 saturated carbocycles. The number of nitrogens with zero attached hydrogens (tertiary/aromatic N) is 12. The monoisotopic (exact) mass is 1270 g/mol. The molecule has 0 aromatic carbocycles. The number of likely N-dealkylation sites (tertiary alicyclic amines) is 1. The summed E-state index contributed by atoms with van der Waals surface area (Å²) < 4.78 is 15.9. The Bertz CT molecular complexity index is 4010. The van der Waals surface area contributed by atoms with Gasteiger partial charge in [0, 0.05) is 163 Å². The summed E-state index contributed by atoms with van der Waals surface area (Å²) >= 11 is 0. The Balaban J connectivity index is 0.797. The van der Waals surface area contributed by atoms with Gasteiger partial charge in [0.25, 0.3) is 41.4 Å². The van der Waals surface area contributed by atoms with Crippen LogP contribution in [0, 0.1) is 5.41 Å². The number of amides is 11. The molecule has 34 nitrogen and oxygen atoms in total. The summed E-state index contributed by atoms with van der Waals surface area (Å²) in [5.41, 5.74) is -0.341. The van der Waals surface area contributed by atoms with Crippen LogP contribution in [0.3, 0.4) is 0 Å². The number of carbonyl (C=O) groups is 11. The summed E-state index contributed by atoms with van der Waals surface area (Å²) in [5.74, 6) is -4.87. The van der Waals surface area contributed by atoms with Gasteiger partial charge in [0.1, 0.15) is 22.7 Å². The third-order valence-electron chi connectivity index (χ3n) is 14.2. The number of anilines is 6. The van der Waals surface area contributed by atoms with Crippen molar-refractivity contribution < 1.29 is 57.5 Å². The van der Waals surface area contributed by atoms with Crippen molar-refractivity contribution in [3.8, 4) is 0 Å². The molecule has 1 aliphatic rings. The van der Waals surface area contributed by atoms with Crippen molar-refractivity contribution in [1.82, 2.24) is 78.1 Å². The lowest BCUT2D eigenvalue weighted by molar-refractivity contribution is -0.122. The van der Waals surface area contributed by atoms with E-state index in [4.69, 9.17) is 4.74 Å². The minimum absolute atomic E-state index is 0.0255. The summed E-state index contributed by atoms with van der Waals surface area (Å²) in [7, 11) is 11.2. The molecule has 34 heteroatoms. The molecule has 8 heterocycles. The molecule has 92 heavy (non-hydrogen) atoms. The highest BCUT2D eigenvalue weighted by Gasteiger charge is 2.48. The van der Waals surface area contributed by atoms with Crippen molar-refractivity contribution in [3.63, 3.8) is 0 Å². The van der Waals surface area contributed by atoms with Crippen LogP contribution in [0.2, 0.25) is 0 Å². The molecule has 8 rings (SSSR count). The predicted molar refractivity (Wildman–Crippen MR) is 333 cm³/mol.